The fourth-order valence-electron chi connectivity index (χ4n) is 3.58. The van der Waals surface area contributed by atoms with Gasteiger partial charge in [0.1, 0.15) is 0 Å². The molecule has 1 fully saturated rings. The first-order chi connectivity index (χ1) is 12.1. The van der Waals surface area contributed by atoms with Crippen LogP contribution in [0, 0.1) is 19.8 Å². The maximum absolute atomic E-state index is 12.6. The molecule has 1 unspecified atom stereocenters. The number of nitrogens with zero attached hydrogens (tertiary/aromatic N) is 2. The van der Waals surface area contributed by atoms with Gasteiger partial charge < -0.3 is 15.2 Å². The summed E-state index contributed by atoms with van der Waals surface area (Å²) >= 11 is 0. The zero-order valence-electron chi connectivity index (χ0n) is 16.0. The van der Waals surface area contributed by atoms with E-state index in [1.165, 1.54) is 12.8 Å². The predicted octanol–water partition coefficient (Wildman–Crippen LogP) is 3.51. The normalized spacial score (nSPS) is 16.1. The number of piperidine rings is 1. The fraction of sp³-hybridized carbons (Fsp3) is 0.500. The molecular formula is C20H30Cl2N4O. The van der Waals surface area contributed by atoms with Gasteiger partial charge in [-0.3, -0.25) is 9.78 Å². The summed E-state index contributed by atoms with van der Waals surface area (Å²) in [7, 11) is 0. The van der Waals surface area contributed by atoms with E-state index in [2.05, 4.69) is 20.2 Å². The van der Waals surface area contributed by atoms with Crippen molar-refractivity contribution >= 4 is 30.7 Å². The van der Waals surface area contributed by atoms with E-state index in [0.717, 1.165) is 48.7 Å². The Bertz CT molecular complexity index is 712. The molecule has 1 amide bonds. The van der Waals surface area contributed by atoms with Crippen LogP contribution in [0.3, 0.4) is 0 Å². The fourth-order valence-corrected chi connectivity index (χ4v) is 3.58. The van der Waals surface area contributed by atoms with Gasteiger partial charge in [0.05, 0.1) is 17.8 Å². The Hall–Kier alpha value is -1.56. The van der Waals surface area contributed by atoms with E-state index < -0.39 is 0 Å². The molecule has 27 heavy (non-hydrogen) atoms. The number of amides is 1. The van der Waals surface area contributed by atoms with Gasteiger partial charge in [-0.15, -0.1) is 24.8 Å². The third-order valence-electron chi connectivity index (χ3n) is 5.10. The van der Waals surface area contributed by atoms with Crippen LogP contribution in [0.15, 0.2) is 30.5 Å². The van der Waals surface area contributed by atoms with Crippen molar-refractivity contribution < 1.29 is 4.79 Å². The number of hydrogen-bond acceptors (Lipinski definition) is 3. The van der Waals surface area contributed by atoms with Crippen molar-refractivity contribution in [1.82, 2.24) is 20.2 Å². The minimum absolute atomic E-state index is 0. The number of nitrogens with one attached hydrogen (secondary N) is 2. The summed E-state index contributed by atoms with van der Waals surface area (Å²) in [5.41, 5.74) is 3.86. The highest BCUT2D eigenvalue weighted by Crippen LogP contribution is 2.17. The van der Waals surface area contributed by atoms with Gasteiger partial charge >= 0.3 is 0 Å². The highest BCUT2D eigenvalue weighted by atomic mass is 35.5. The minimum atomic E-state index is 0. The Morgan fingerprint density at radius 3 is 2.81 bits per heavy atom. The Balaban J connectivity index is 0.00000182. The maximum Gasteiger partial charge on any atom is 0.253 e. The number of carbonyl (C=O) groups excluding carboxylic acids is 1. The standard InChI is InChI=1S/C20H28N4O.2ClH/c1-15-12-19(16(2)24(15)14-18-7-3-4-10-22-18)20(25)23-11-8-17-6-5-9-21-13-17;;/h3-4,7,10,12,17,21H,5-6,8-9,11,13-14H2,1-2H3,(H,23,25);2*1H. The number of rotatable bonds is 6. The van der Waals surface area contributed by atoms with Crippen LogP contribution in [0.4, 0.5) is 0 Å². The third kappa shape index (κ3) is 6.23. The quantitative estimate of drug-likeness (QED) is 0.762. The molecule has 1 aliphatic rings. The molecule has 5 nitrogen and oxygen atoms in total. The number of aromatic nitrogens is 2. The molecule has 0 aromatic carbocycles. The van der Waals surface area contributed by atoms with Crippen LogP contribution in [0.25, 0.3) is 0 Å². The summed E-state index contributed by atoms with van der Waals surface area (Å²) in [6.07, 6.45) is 5.36. The molecule has 7 heteroatoms. The van der Waals surface area contributed by atoms with Crippen LogP contribution >= 0.6 is 24.8 Å². The Labute approximate surface area is 174 Å². The SMILES string of the molecule is Cc1cc(C(=O)NCCC2CCCNC2)c(C)n1Cc1ccccn1.Cl.Cl. The lowest BCUT2D eigenvalue weighted by atomic mass is 9.96. The van der Waals surface area contributed by atoms with E-state index in [0.29, 0.717) is 12.5 Å². The number of carbonyl (C=O) groups is 1. The third-order valence-corrected chi connectivity index (χ3v) is 5.10. The number of halogens is 2. The lowest BCUT2D eigenvalue weighted by molar-refractivity contribution is 0.0950. The second kappa shape index (κ2) is 11.3. The molecule has 2 N–H and O–H groups in total. The van der Waals surface area contributed by atoms with Crippen LogP contribution < -0.4 is 10.6 Å². The first-order valence-corrected chi connectivity index (χ1v) is 9.20. The molecule has 0 saturated carbocycles. The molecular weight excluding hydrogens is 383 g/mol. The van der Waals surface area contributed by atoms with Crippen LogP contribution in [-0.4, -0.2) is 35.1 Å². The molecule has 1 atom stereocenters. The molecule has 0 radical (unpaired) electrons. The van der Waals surface area contributed by atoms with Gasteiger partial charge in [-0.05, 0) is 70.3 Å². The number of hydrogen-bond donors (Lipinski definition) is 2. The van der Waals surface area contributed by atoms with Crippen LogP contribution in [0.1, 0.15) is 46.7 Å². The Morgan fingerprint density at radius 1 is 1.33 bits per heavy atom. The summed E-state index contributed by atoms with van der Waals surface area (Å²) in [6.45, 7) is 7.70. The molecule has 0 spiro atoms. The van der Waals surface area contributed by atoms with E-state index in [1.54, 1.807) is 6.20 Å². The summed E-state index contributed by atoms with van der Waals surface area (Å²) in [5.74, 6) is 0.717. The van der Waals surface area contributed by atoms with Crippen LogP contribution in [0.5, 0.6) is 0 Å². The molecule has 150 valence electrons. The molecule has 2 aromatic heterocycles. The summed E-state index contributed by atoms with van der Waals surface area (Å²) < 4.78 is 2.16. The van der Waals surface area contributed by atoms with Crippen molar-refractivity contribution in [3.63, 3.8) is 0 Å². The smallest absolute Gasteiger partial charge is 0.253 e. The topological polar surface area (TPSA) is 59.0 Å². The average Bonchev–Trinajstić information content (AvgIpc) is 2.92. The van der Waals surface area contributed by atoms with E-state index in [1.807, 2.05) is 38.1 Å². The zero-order valence-corrected chi connectivity index (χ0v) is 17.7. The van der Waals surface area contributed by atoms with E-state index in [-0.39, 0.29) is 30.7 Å². The predicted molar refractivity (Wildman–Crippen MR) is 114 cm³/mol. The molecule has 1 aliphatic heterocycles. The molecule has 0 aliphatic carbocycles. The second-order valence-corrected chi connectivity index (χ2v) is 6.95. The van der Waals surface area contributed by atoms with Gasteiger partial charge in [-0.2, -0.15) is 0 Å². The van der Waals surface area contributed by atoms with E-state index in [9.17, 15) is 4.79 Å². The van der Waals surface area contributed by atoms with Crippen molar-refractivity contribution in [1.29, 1.82) is 0 Å². The molecule has 3 rings (SSSR count). The van der Waals surface area contributed by atoms with Crippen LogP contribution in [-0.2, 0) is 6.54 Å². The van der Waals surface area contributed by atoms with Gasteiger partial charge in [0.25, 0.3) is 5.91 Å². The van der Waals surface area contributed by atoms with Crippen molar-refractivity contribution in [2.45, 2.75) is 39.7 Å². The molecule has 0 bridgehead atoms. The average molecular weight is 413 g/mol. The first kappa shape index (κ1) is 23.5. The van der Waals surface area contributed by atoms with Crippen molar-refractivity contribution in [2.75, 3.05) is 19.6 Å². The monoisotopic (exact) mass is 412 g/mol. The lowest BCUT2D eigenvalue weighted by Gasteiger charge is -2.22. The Kier molecular flexibility index (Phi) is 9.84. The summed E-state index contributed by atoms with van der Waals surface area (Å²) in [5, 5.41) is 6.52. The minimum Gasteiger partial charge on any atom is -0.352 e. The second-order valence-electron chi connectivity index (χ2n) is 6.95. The largest absolute Gasteiger partial charge is 0.352 e. The summed E-state index contributed by atoms with van der Waals surface area (Å²) in [6, 6.07) is 7.90. The van der Waals surface area contributed by atoms with Crippen molar-refractivity contribution in [2.24, 2.45) is 5.92 Å². The van der Waals surface area contributed by atoms with Gasteiger partial charge in [-0.1, -0.05) is 6.07 Å². The van der Waals surface area contributed by atoms with Crippen LogP contribution in [0.2, 0.25) is 0 Å². The summed E-state index contributed by atoms with van der Waals surface area (Å²) in [4.78, 5) is 17.0. The highest BCUT2D eigenvalue weighted by molar-refractivity contribution is 5.95. The van der Waals surface area contributed by atoms with Gasteiger partial charge in [-0.25, -0.2) is 0 Å². The first-order valence-electron chi connectivity index (χ1n) is 9.20. The van der Waals surface area contributed by atoms with Crippen molar-refractivity contribution in [3.05, 3.63) is 53.1 Å². The van der Waals surface area contributed by atoms with Gasteiger partial charge in [0.2, 0.25) is 0 Å². The van der Waals surface area contributed by atoms with E-state index in [4.69, 9.17) is 0 Å². The Morgan fingerprint density at radius 2 is 2.15 bits per heavy atom. The number of pyridine rings is 1. The zero-order chi connectivity index (χ0) is 17.6. The van der Waals surface area contributed by atoms with E-state index >= 15 is 0 Å². The molecule has 1 saturated heterocycles. The van der Waals surface area contributed by atoms with Gasteiger partial charge in [0.15, 0.2) is 0 Å². The molecule has 3 heterocycles. The van der Waals surface area contributed by atoms with Gasteiger partial charge in [0, 0.05) is 24.1 Å². The highest BCUT2D eigenvalue weighted by Gasteiger charge is 2.17. The van der Waals surface area contributed by atoms with Crippen molar-refractivity contribution in [3.8, 4) is 0 Å². The maximum atomic E-state index is 12.6. The molecule has 2 aromatic rings. The number of aryl methyl sites for hydroxylation is 1. The lowest BCUT2D eigenvalue weighted by Crippen LogP contribution is -2.33.